The van der Waals surface area contributed by atoms with E-state index in [4.69, 9.17) is 5.10 Å². The molecule has 150 valence electrons. The summed E-state index contributed by atoms with van der Waals surface area (Å²) in [6, 6.07) is 5.98. The van der Waals surface area contributed by atoms with E-state index in [1.54, 1.807) is 4.68 Å². The van der Waals surface area contributed by atoms with E-state index in [1.165, 1.54) is 18.6 Å². The minimum absolute atomic E-state index is 0.0250. The molecule has 0 saturated heterocycles. The predicted octanol–water partition coefficient (Wildman–Crippen LogP) is 3.88. The second kappa shape index (κ2) is 9.78. The van der Waals surface area contributed by atoms with Crippen LogP contribution in [0.15, 0.2) is 30.6 Å². The highest BCUT2D eigenvalue weighted by Gasteiger charge is 2.17. The van der Waals surface area contributed by atoms with Gasteiger partial charge in [-0.1, -0.05) is 13.3 Å². The van der Waals surface area contributed by atoms with Crippen LogP contribution in [-0.2, 0) is 11.3 Å². The van der Waals surface area contributed by atoms with Crippen molar-refractivity contribution in [2.24, 2.45) is 0 Å². The van der Waals surface area contributed by atoms with E-state index in [9.17, 15) is 4.79 Å². The Labute approximate surface area is 170 Å². The van der Waals surface area contributed by atoms with Gasteiger partial charge in [-0.05, 0) is 62.0 Å². The van der Waals surface area contributed by atoms with Crippen molar-refractivity contribution < 1.29 is 4.79 Å². The monoisotopic (exact) mass is 399 g/mol. The highest BCUT2D eigenvalue weighted by molar-refractivity contribution is 7.99. The third-order valence-electron chi connectivity index (χ3n) is 4.58. The van der Waals surface area contributed by atoms with Crippen molar-refractivity contribution in [1.29, 1.82) is 0 Å². The molecular weight excluding hydrogens is 370 g/mol. The van der Waals surface area contributed by atoms with Crippen LogP contribution < -0.4 is 5.32 Å². The van der Waals surface area contributed by atoms with Gasteiger partial charge in [-0.3, -0.25) is 4.79 Å². The van der Waals surface area contributed by atoms with E-state index in [1.807, 2.05) is 47.8 Å². The summed E-state index contributed by atoms with van der Waals surface area (Å²) < 4.78 is 3.68. The molecule has 0 fully saturated rings. The zero-order valence-corrected chi connectivity index (χ0v) is 17.8. The Balaban J connectivity index is 1.68. The number of unbranched alkanes of at least 4 members (excludes halogenated alkanes) is 1. The summed E-state index contributed by atoms with van der Waals surface area (Å²) in [6.45, 7) is 7.12. The van der Waals surface area contributed by atoms with Gasteiger partial charge in [0.1, 0.15) is 6.54 Å². The fourth-order valence-corrected chi connectivity index (χ4v) is 4.25. The molecule has 1 amide bonds. The lowest BCUT2D eigenvalue weighted by Gasteiger charge is -2.06. The Bertz CT molecular complexity index is 917. The molecule has 3 rings (SSSR count). The van der Waals surface area contributed by atoms with Crippen LogP contribution in [0.2, 0.25) is 0 Å². The number of rotatable bonds is 10. The minimum Gasteiger partial charge on any atom is -0.354 e. The molecule has 0 unspecified atom stereocenters. The van der Waals surface area contributed by atoms with Gasteiger partial charge in [-0.2, -0.15) is 16.9 Å². The molecule has 0 atom stereocenters. The van der Waals surface area contributed by atoms with Crippen LogP contribution in [0, 0.1) is 13.8 Å². The van der Waals surface area contributed by atoms with Crippen LogP contribution in [0.5, 0.6) is 0 Å². The maximum atomic E-state index is 12.4. The largest absolute Gasteiger partial charge is 0.354 e. The smallest absolute Gasteiger partial charge is 0.241 e. The number of carbonyl (C=O) groups is 1. The molecule has 0 spiro atoms. The number of aryl methyl sites for hydroxylation is 2. The Morgan fingerprint density at radius 3 is 2.68 bits per heavy atom. The number of hydrogen-bond acceptors (Lipinski definition) is 4. The quantitative estimate of drug-likeness (QED) is 0.526. The normalized spacial score (nSPS) is 11.2. The van der Waals surface area contributed by atoms with E-state index in [0.29, 0.717) is 6.54 Å². The van der Waals surface area contributed by atoms with Crippen LogP contribution in [0.3, 0.4) is 0 Å². The highest BCUT2D eigenvalue weighted by Crippen LogP contribution is 2.25. The molecule has 3 aromatic rings. The van der Waals surface area contributed by atoms with Gasteiger partial charge in [-0.25, -0.2) is 9.67 Å². The lowest BCUT2D eigenvalue weighted by atomic mass is 10.2. The van der Waals surface area contributed by atoms with Crippen molar-refractivity contribution in [1.82, 2.24) is 24.6 Å². The van der Waals surface area contributed by atoms with Crippen molar-refractivity contribution in [3.05, 3.63) is 41.9 Å². The van der Waals surface area contributed by atoms with Crippen molar-refractivity contribution in [3.63, 3.8) is 0 Å². The van der Waals surface area contributed by atoms with Crippen molar-refractivity contribution in [2.75, 3.05) is 18.1 Å². The number of hydrogen-bond donors (Lipinski definition) is 1. The number of nitrogens with one attached hydrogen (secondary N) is 1. The van der Waals surface area contributed by atoms with Gasteiger partial charge in [0.15, 0.2) is 11.5 Å². The fraction of sp³-hybridized carbons (Fsp3) is 0.476. The molecule has 28 heavy (non-hydrogen) atoms. The van der Waals surface area contributed by atoms with Crippen LogP contribution in [-0.4, -0.2) is 43.3 Å². The number of nitrogens with zero attached hydrogens (tertiary/aromatic N) is 4. The molecule has 1 N–H and O–H groups in total. The van der Waals surface area contributed by atoms with E-state index in [-0.39, 0.29) is 12.5 Å². The first-order valence-corrected chi connectivity index (χ1v) is 11.1. The molecule has 3 heterocycles. The summed E-state index contributed by atoms with van der Waals surface area (Å²) in [7, 11) is 0. The molecule has 7 heteroatoms. The summed E-state index contributed by atoms with van der Waals surface area (Å²) >= 11 is 1.96. The first kappa shape index (κ1) is 20.5. The number of fused-ring (bicyclic) bond motifs is 1. The van der Waals surface area contributed by atoms with E-state index >= 15 is 0 Å². The minimum atomic E-state index is -0.0250. The van der Waals surface area contributed by atoms with Crippen molar-refractivity contribution in [2.45, 2.75) is 46.6 Å². The Kier molecular flexibility index (Phi) is 7.14. The van der Waals surface area contributed by atoms with Gasteiger partial charge in [0, 0.05) is 24.6 Å². The standard InChI is InChI=1S/C21H29N5OS/c1-4-5-12-28-13-8-9-22-18(27)15-26-20-19(16(2)14-17(3)23-20)21(24-26)25-10-6-7-11-25/h6-7,10-11,14H,4-5,8-9,12-13,15H2,1-3H3,(H,22,27). The van der Waals surface area contributed by atoms with E-state index in [0.717, 1.165) is 40.3 Å². The van der Waals surface area contributed by atoms with Gasteiger partial charge in [0.2, 0.25) is 5.91 Å². The van der Waals surface area contributed by atoms with Gasteiger partial charge in [-0.15, -0.1) is 0 Å². The lowest BCUT2D eigenvalue weighted by Crippen LogP contribution is -2.29. The number of thioether (sulfide) groups is 1. The maximum Gasteiger partial charge on any atom is 0.241 e. The second-order valence-corrected chi connectivity index (χ2v) is 8.24. The number of carbonyl (C=O) groups excluding carboxylic acids is 1. The Morgan fingerprint density at radius 1 is 1.18 bits per heavy atom. The molecule has 3 aromatic heterocycles. The number of aromatic nitrogens is 4. The highest BCUT2D eigenvalue weighted by atomic mass is 32.2. The van der Waals surface area contributed by atoms with Crippen LogP contribution >= 0.6 is 11.8 Å². The predicted molar refractivity (Wildman–Crippen MR) is 116 cm³/mol. The molecular formula is C21H29N5OS. The molecule has 6 nitrogen and oxygen atoms in total. The molecule has 0 aliphatic carbocycles. The van der Waals surface area contributed by atoms with Crippen molar-refractivity contribution in [3.8, 4) is 5.82 Å². The average Bonchev–Trinajstić information content (AvgIpc) is 3.29. The topological polar surface area (TPSA) is 64.7 Å². The fourth-order valence-electron chi connectivity index (χ4n) is 3.20. The van der Waals surface area contributed by atoms with Gasteiger partial charge < -0.3 is 9.88 Å². The third-order valence-corrected chi connectivity index (χ3v) is 5.74. The van der Waals surface area contributed by atoms with E-state index in [2.05, 4.69) is 30.2 Å². The summed E-state index contributed by atoms with van der Waals surface area (Å²) in [4.78, 5) is 17.1. The summed E-state index contributed by atoms with van der Waals surface area (Å²) in [5.74, 6) is 3.08. The van der Waals surface area contributed by atoms with Crippen molar-refractivity contribution >= 4 is 28.7 Å². The number of pyridine rings is 1. The Morgan fingerprint density at radius 2 is 1.93 bits per heavy atom. The van der Waals surface area contributed by atoms with Crippen LogP contribution in [0.25, 0.3) is 16.9 Å². The molecule has 0 bridgehead atoms. The second-order valence-electron chi connectivity index (χ2n) is 7.02. The average molecular weight is 400 g/mol. The molecule has 0 aliphatic rings. The van der Waals surface area contributed by atoms with Gasteiger partial charge in [0.25, 0.3) is 0 Å². The summed E-state index contributed by atoms with van der Waals surface area (Å²) in [5.41, 5.74) is 2.79. The lowest BCUT2D eigenvalue weighted by molar-refractivity contribution is -0.121. The van der Waals surface area contributed by atoms with Crippen LogP contribution in [0.4, 0.5) is 0 Å². The van der Waals surface area contributed by atoms with Crippen LogP contribution in [0.1, 0.15) is 37.4 Å². The molecule has 0 saturated carbocycles. The molecule has 0 aliphatic heterocycles. The zero-order chi connectivity index (χ0) is 19.9. The molecule has 0 radical (unpaired) electrons. The maximum absolute atomic E-state index is 12.4. The molecule has 0 aromatic carbocycles. The van der Waals surface area contributed by atoms with Gasteiger partial charge >= 0.3 is 0 Å². The van der Waals surface area contributed by atoms with E-state index < -0.39 is 0 Å². The zero-order valence-electron chi connectivity index (χ0n) is 16.9. The summed E-state index contributed by atoms with van der Waals surface area (Å²) in [5, 5.41) is 8.70. The first-order chi connectivity index (χ1) is 13.6. The third kappa shape index (κ3) is 4.95. The first-order valence-electron chi connectivity index (χ1n) is 9.92. The SMILES string of the molecule is CCCCSCCCNC(=O)Cn1nc(-n2cccc2)c2c(C)cc(C)nc21. The van der Waals surface area contributed by atoms with Gasteiger partial charge in [0.05, 0.1) is 5.39 Å². The summed E-state index contributed by atoms with van der Waals surface area (Å²) in [6.07, 6.45) is 7.41. The number of amides is 1. The Hall–Kier alpha value is -2.28.